The van der Waals surface area contributed by atoms with E-state index in [4.69, 9.17) is 0 Å². The summed E-state index contributed by atoms with van der Waals surface area (Å²) in [7, 11) is 0. The van der Waals surface area contributed by atoms with Crippen molar-refractivity contribution in [1.82, 2.24) is 0 Å². The van der Waals surface area contributed by atoms with E-state index in [0.29, 0.717) is 17.1 Å². The Labute approximate surface area is 93.6 Å². The second-order valence-electron chi connectivity index (χ2n) is 5.95. The molecule has 15 heavy (non-hydrogen) atoms. The van der Waals surface area contributed by atoms with Gasteiger partial charge in [-0.3, -0.25) is 4.79 Å². The summed E-state index contributed by atoms with van der Waals surface area (Å²) in [6, 6.07) is 0. The van der Waals surface area contributed by atoms with Crippen LogP contribution in [0.15, 0.2) is 0 Å². The molecule has 2 saturated carbocycles. The Kier molecular flexibility index (Phi) is 2.92. The zero-order chi connectivity index (χ0) is 11.1. The van der Waals surface area contributed by atoms with E-state index < -0.39 is 0 Å². The van der Waals surface area contributed by atoms with E-state index in [1.165, 1.54) is 25.7 Å². The van der Waals surface area contributed by atoms with Crippen LogP contribution in [0.3, 0.4) is 0 Å². The first-order chi connectivity index (χ1) is 7.09. The highest BCUT2D eigenvalue weighted by Gasteiger charge is 2.51. The predicted octanol–water partition coefficient (Wildman–Crippen LogP) is 3.82. The van der Waals surface area contributed by atoms with E-state index in [0.717, 1.165) is 24.7 Å². The topological polar surface area (TPSA) is 17.1 Å². The van der Waals surface area contributed by atoms with Gasteiger partial charge in [0, 0.05) is 12.3 Å². The molecular weight excluding hydrogens is 184 g/mol. The molecule has 0 spiro atoms. The van der Waals surface area contributed by atoms with Gasteiger partial charge in [-0.05, 0) is 42.9 Å². The first kappa shape index (κ1) is 11.2. The van der Waals surface area contributed by atoms with Crippen molar-refractivity contribution in [2.45, 2.75) is 59.3 Å². The fourth-order valence-electron chi connectivity index (χ4n) is 4.19. The monoisotopic (exact) mass is 208 g/mol. The molecule has 4 atom stereocenters. The van der Waals surface area contributed by atoms with Crippen molar-refractivity contribution in [2.24, 2.45) is 23.2 Å². The Balaban J connectivity index is 2.21. The van der Waals surface area contributed by atoms with Gasteiger partial charge in [0.05, 0.1) is 0 Å². The van der Waals surface area contributed by atoms with Gasteiger partial charge in [0.1, 0.15) is 5.78 Å². The van der Waals surface area contributed by atoms with Crippen LogP contribution in [-0.4, -0.2) is 5.78 Å². The number of ketones is 1. The Bertz CT molecular complexity index is 258. The van der Waals surface area contributed by atoms with Crippen molar-refractivity contribution in [2.75, 3.05) is 0 Å². The molecule has 0 aromatic heterocycles. The maximum atomic E-state index is 11.9. The molecule has 2 fully saturated rings. The molecule has 0 aromatic carbocycles. The average molecular weight is 208 g/mol. The lowest BCUT2D eigenvalue weighted by molar-refractivity contribution is -0.130. The highest BCUT2D eigenvalue weighted by molar-refractivity contribution is 5.83. The fraction of sp³-hybridized carbons (Fsp3) is 0.929. The molecule has 1 heteroatoms. The third-order valence-corrected chi connectivity index (χ3v) is 5.27. The number of carbonyl (C=O) groups excluding carboxylic acids is 1. The molecule has 0 amide bonds. The van der Waals surface area contributed by atoms with Crippen molar-refractivity contribution in [3.63, 3.8) is 0 Å². The van der Waals surface area contributed by atoms with Gasteiger partial charge >= 0.3 is 0 Å². The zero-order valence-corrected chi connectivity index (χ0v) is 10.4. The maximum absolute atomic E-state index is 11.9. The van der Waals surface area contributed by atoms with E-state index in [-0.39, 0.29) is 0 Å². The van der Waals surface area contributed by atoms with Gasteiger partial charge in [-0.25, -0.2) is 0 Å². The Morgan fingerprint density at radius 2 is 2.20 bits per heavy atom. The summed E-state index contributed by atoms with van der Waals surface area (Å²) in [4.78, 5) is 11.9. The molecule has 2 rings (SSSR count). The minimum Gasteiger partial charge on any atom is -0.299 e. The van der Waals surface area contributed by atoms with E-state index >= 15 is 0 Å². The molecule has 0 bridgehead atoms. The largest absolute Gasteiger partial charge is 0.299 e. The van der Waals surface area contributed by atoms with Crippen molar-refractivity contribution in [3.05, 3.63) is 0 Å². The lowest BCUT2D eigenvalue weighted by Crippen LogP contribution is -2.39. The van der Waals surface area contributed by atoms with Crippen molar-refractivity contribution in [1.29, 1.82) is 0 Å². The quantitative estimate of drug-likeness (QED) is 0.674. The molecule has 2 aliphatic rings. The molecule has 1 nitrogen and oxygen atoms in total. The van der Waals surface area contributed by atoms with Crippen LogP contribution >= 0.6 is 0 Å². The van der Waals surface area contributed by atoms with Gasteiger partial charge in [0.15, 0.2) is 0 Å². The summed E-state index contributed by atoms with van der Waals surface area (Å²) in [5, 5.41) is 0. The zero-order valence-electron chi connectivity index (χ0n) is 10.4. The molecule has 86 valence electrons. The number of rotatable bonds is 2. The summed E-state index contributed by atoms with van der Waals surface area (Å²) in [6.07, 6.45) is 7.01. The maximum Gasteiger partial charge on any atom is 0.136 e. The minimum atomic E-state index is 0.352. The van der Waals surface area contributed by atoms with Gasteiger partial charge in [-0.15, -0.1) is 0 Å². The van der Waals surface area contributed by atoms with E-state index in [9.17, 15) is 4.79 Å². The van der Waals surface area contributed by atoms with E-state index in [2.05, 4.69) is 20.8 Å². The molecule has 0 aliphatic heterocycles. The molecule has 0 heterocycles. The van der Waals surface area contributed by atoms with Crippen LogP contribution < -0.4 is 0 Å². The van der Waals surface area contributed by atoms with Crippen LogP contribution in [0.2, 0.25) is 0 Å². The molecule has 3 unspecified atom stereocenters. The SMILES string of the molecule is CC[C@H](C)C1CCC2C(=O)CCCC21C. The van der Waals surface area contributed by atoms with Gasteiger partial charge in [-0.1, -0.05) is 27.2 Å². The lowest BCUT2D eigenvalue weighted by atomic mass is 9.62. The van der Waals surface area contributed by atoms with E-state index in [1.54, 1.807) is 0 Å². The standard InChI is InChI=1S/C14H24O/c1-4-10(2)11-7-8-12-13(15)6-5-9-14(11,12)3/h10-12H,4-9H2,1-3H3/t10-,11?,12?,14?/m0/s1. The number of hydrogen-bond acceptors (Lipinski definition) is 1. The third-order valence-electron chi connectivity index (χ3n) is 5.27. The summed E-state index contributed by atoms with van der Waals surface area (Å²) in [6.45, 7) is 7.04. The van der Waals surface area contributed by atoms with Crippen molar-refractivity contribution >= 4 is 5.78 Å². The summed E-state index contributed by atoms with van der Waals surface area (Å²) in [5.74, 6) is 2.57. The second-order valence-corrected chi connectivity index (χ2v) is 5.95. The van der Waals surface area contributed by atoms with Crippen LogP contribution in [0.1, 0.15) is 59.3 Å². The minimum absolute atomic E-state index is 0.352. The summed E-state index contributed by atoms with van der Waals surface area (Å²) >= 11 is 0. The van der Waals surface area contributed by atoms with Gasteiger partial charge in [0.2, 0.25) is 0 Å². The molecule has 0 N–H and O–H groups in total. The third kappa shape index (κ3) is 1.64. The molecular formula is C14H24O. The van der Waals surface area contributed by atoms with Crippen LogP contribution in [0.4, 0.5) is 0 Å². The first-order valence-electron chi connectivity index (χ1n) is 6.62. The van der Waals surface area contributed by atoms with Crippen molar-refractivity contribution in [3.8, 4) is 0 Å². The fourth-order valence-corrected chi connectivity index (χ4v) is 4.19. The molecule has 0 aromatic rings. The average Bonchev–Trinajstić information content (AvgIpc) is 2.56. The van der Waals surface area contributed by atoms with Gasteiger partial charge in [-0.2, -0.15) is 0 Å². The smallest absolute Gasteiger partial charge is 0.136 e. The highest BCUT2D eigenvalue weighted by atomic mass is 16.1. The van der Waals surface area contributed by atoms with Crippen LogP contribution in [0.25, 0.3) is 0 Å². The lowest BCUT2D eigenvalue weighted by Gasteiger charge is -2.42. The number of Topliss-reactive ketones (excluding diaryl/α,β-unsaturated/α-hetero) is 1. The molecule has 2 aliphatic carbocycles. The Morgan fingerprint density at radius 3 is 2.87 bits per heavy atom. The van der Waals surface area contributed by atoms with Crippen LogP contribution in [0, 0.1) is 23.2 Å². The van der Waals surface area contributed by atoms with Crippen LogP contribution in [-0.2, 0) is 4.79 Å². The van der Waals surface area contributed by atoms with E-state index in [1.807, 2.05) is 0 Å². The molecule has 0 saturated heterocycles. The highest BCUT2D eigenvalue weighted by Crippen LogP contribution is 2.56. The van der Waals surface area contributed by atoms with Crippen molar-refractivity contribution < 1.29 is 4.79 Å². The normalized spacial score (nSPS) is 42.7. The second kappa shape index (κ2) is 3.92. The number of hydrogen-bond donors (Lipinski definition) is 0. The number of carbonyl (C=O) groups is 1. The Morgan fingerprint density at radius 1 is 1.47 bits per heavy atom. The van der Waals surface area contributed by atoms with Gasteiger partial charge < -0.3 is 0 Å². The summed E-state index contributed by atoms with van der Waals surface area (Å²) < 4.78 is 0. The Hall–Kier alpha value is -0.330. The first-order valence-corrected chi connectivity index (χ1v) is 6.62. The number of fused-ring (bicyclic) bond motifs is 1. The predicted molar refractivity (Wildman–Crippen MR) is 62.6 cm³/mol. The van der Waals surface area contributed by atoms with Gasteiger partial charge in [0.25, 0.3) is 0 Å². The van der Waals surface area contributed by atoms with Crippen LogP contribution in [0.5, 0.6) is 0 Å². The summed E-state index contributed by atoms with van der Waals surface area (Å²) in [5.41, 5.74) is 0.352. The molecule has 0 radical (unpaired) electrons.